The van der Waals surface area contributed by atoms with Crippen molar-refractivity contribution in [2.45, 2.75) is 6.54 Å². The highest BCUT2D eigenvalue weighted by Crippen LogP contribution is 2.29. The maximum Gasteiger partial charge on any atom is 0.262 e. The van der Waals surface area contributed by atoms with E-state index in [0.29, 0.717) is 30.1 Å². The van der Waals surface area contributed by atoms with Crippen LogP contribution in [-0.2, 0) is 11.3 Å². The first kappa shape index (κ1) is 16.6. The maximum atomic E-state index is 12.8. The SMILES string of the molecule is O=C1COc2ccc(C(=O)N3CCN(Cc4ccccc4)CC3)cc2N1. The molecule has 0 radical (unpaired) electrons. The minimum atomic E-state index is -0.198. The van der Waals surface area contributed by atoms with Crippen molar-refractivity contribution in [3.63, 3.8) is 0 Å². The second-order valence-electron chi connectivity index (χ2n) is 6.60. The zero-order valence-corrected chi connectivity index (χ0v) is 14.5. The van der Waals surface area contributed by atoms with Crippen molar-refractivity contribution in [2.24, 2.45) is 0 Å². The van der Waals surface area contributed by atoms with Gasteiger partial charge in [0.05, 0.1) is 5.69 Å². The summed E-state index contributed by atoms with van der Waals surface area (Å²) < 4.78 is 5.34. The Labute approximate surface area is 152 Å². The number of ether oxygens (including phenoxy) is 1. The van der Waals surface area contributed by atoms with Crippen LogP contribution in [0.15, 0.2) is 48.5 Å². The van der Waals surface area contributed by atoms with Crippen molar-refractivity contribution < 1.29 is 14.3 Å². The second kappa shape index (κ2) is 7.17. The summed E-state index contributed by atoms with van der Waals surface area (Å²) in [7, 11) is 0. The van der Waals surface area contributed by atoms with E-state index in [1.807, 2.05) is 23.1 Å². The number of nitrogens with one attached hydrogen (secondary N) is 1. The molecule has 1 N–H and O–H groups in total. The number of anilines is 1. The lowest BCUT2D eigenvalue weighted by Crippen LogP contribution is -2.48. The number of amides is 2. The van der Waals surface area contributed by atoms with Gasteiger partial charge in [-0.3, -0.25) is 14.5 Å². The molecule has 2 aromatic carbocycles. The van der Waals surface area contributed by atoms with Crippen LogP contribution < -0.4 is 10.1 Å². The third-order valence-electron chi connectivity index (χ3n) is 4.77. The molecular weight excluding hydrogens is 330 g/mol. The summed E-state index contributed by atoms with van der Waals surface area (Å²) in [6.07, 6.45) is 0. The van der Waals surface area contributed by atoms with Crippen molar-refractivity contribution in [1.82, 2.24) is 9.80 Å². The van der Waals surface area contributed by atoms with Crippen LogP contribution in [0.4, 0.5) is 5.69 Å². The average Bonchev–Trinajstić information content (AvgIpc) is 2.68. The minimum absolute atomic E-state index is 0.00742. The number of rotatable bonds is 3. The normalized spacial score (nSPS) is 17.2. The van der Waals surface area contributed by atoms with E-state index in [-0.39, 0.29) is 18.4 Å². The van der Waals surface area contributed by atoms with E-state index in [2.05, 4.69) is 22.3 Å². The smallest absolute Gasteiger partial charge is 0.262 e. The van der Waals surface area contributed by atoms with Gasteiger partial charge in [0.2, 0.25) is 0 Å². The van der Waals surface area contributed by atoms with Crippen LogP contribution in [0.25, 0.3) is 0 Å². The molecule has 2 aliphatic rings. The summed E-state index contributed by atoms with van der Waals surface area (Å²) in [6, 6.07) is 15.6. The molecule has 4 rings (SSSR count). The topological polar surface area (TPSA) is 61.9 Å². The molecule has 0 saturated carbocycles. The lowest BCUT2D eigenvalue weighted by atomic mass is 10.1. The van der Waals surface area contributed by atoms with Gasteiger partial charge in [-0.25, -0.2) is 0 Å². The summed E-state index contributed by atoms with van der Waals surface area (Å²) in [6.45, 7) is 4.03. The van der Waals surface area contributed by atoms with E-state index in [1.54, 1.807) is 18.2 Å². The monoisotopic (exact) mass is 351 g/mol. The molecular formula is C20H21N3O3. The standard InChI is InChI=1S/C20H21N3O3/c24-19-14-26-18-7-6-16(12-17(18)21-19)20(25)23-10-8-22(9-11-23)13-15-4-2-1-3-5-15/h1-7,12H,8-11,13-14H2,(H,21,24). The Hall–Kier alpha value is -2.86. The van der Waals surface area contributed by atoms with Gasteiger partial charge in [0.1, 0.15) is 5.75 Å². The molecule has 6 nitrogen and oxygen atoms in total. The van der Waals surface area contributed by atoms with Gasteiger partial charge in [-0.1, -0.05) is 30.3 Å². The van der Waals surface area contributed by atoms with E-state index >= 15 is 0 Å². The molecule has 0 aliphatic carbocycles. The lowest BCUT2D eigenvalue weighted by molar-refractivity contribution is -0.118. The van der Waals surface area contributed by atoms with E-state index in [0.717, 1.165) is 19.6 Å². The van der Waals surface area contributed by atoms with E-state index in [4.69, 9.17) is 4.74 Å². The lowest BCUT2D eigenvalue weighted by Gasteiger charge is -2.35. The Balaban J connectivity index is 1.38. The third kappa shape index (κ3) is 3.55. The van der Waals surface area contributed by atoms with Crippen LogP contribution >= 0.6 is 0 Å². The van der Waals surface area contributed by atoms with Crippen LogP contribution in [-0.4, -0.2) is 54.4 Å². The fourth-order valence-corrected chi connectivity index (χ4v) is 3.35. The van der Waals surface area contributed by atoms with Crippen LogP contribution in [0.2, 0.25) is 0 Å². The van der Waals surface area contributed by atoms with E-state index in [1.165, 1.54) is 5.56 Å². The van der Waals surface area contributed by atoms with Crippen LogP contribution in [0.1, 0.15) is 15.9 Å². The Morgan fingerprint density at radius 1 is 1.04 bits per heavy atom. The molecule has 26 heavy (non-hydrogen) atoms. The summed E-state index contributed by atoms with van der Waals surface area (Å²) in [5.41, 5.74) is 2.43. The van der Waals surface area contributed by atoms with E-state index < -0.39 is 0 Å². The highest BCUT2D eigenvalue weighted by molar-refractivity contribution is 5.99. The highest BCUT2D eigenvalue weighted by Gasteiger charge is 2.24. The first-order valence-corrected chi connectivity index (χ1v) is 8.81. The van der Waals surface area contributed by atoms with Crippen LogP contribution in [0.5, 0.6) is 5.75 Å². The largest absolute Gasteiger partial charge is 0.482 e. The van der Waals surface area contributed by atoms with Crippen LogP contribution in [0, 0.1) is 0 Å². The summed E-state index contributed by atoms with van der Waals surface area (Å²) in [4.78, 5) is 28.5. The van der Waals surface area contributed by atoms with Gasteiger partial charge in [0.15, 0.2) is 6.61 Å². The number of carbonyl (C=O) groups is 2. The Morgan fingerprint density at radius 3 is 2.58 bits per heavy atom. The van der Waals surface area contributed by atoms with Crippen molar-refractivity contribution in [2.75, 3.05) is 38.1 Å². The first-order chi connectivity index (χ1) is 12.7. The predicted molar refractivity (Wildman–Crippen MR) is 98.2 cm³/mol. The van der Waals surface area contributed by atoms with Crippen LogP contribution in [0.3, 0.4) is 0 Å². The third-order valence-corrected chi connectivity index (χ3v) is 4.77. The highest BCUT2D eigenvalue weighted by atomic mass is 16.5. The first-order valence-electron chi connectivity index (χ1n) is 8.81. The quantitative estimate of drug-likeness (QED) is 0.919. The molecule has 134 valence electrons. The van der Waals surface area contributed by atoms with Gasteiger partial charge in [-0.2, -0.15) is 0 Å². The van der Waals surface area contributed by atoms with Gasteiger partial charge in [-0.15, -0.1) is 0 Å². The van der Waals surface area contributed by atoms with Crippen molar-refractivity contribution >= 4 is 17.5 Å². The molecule has 0 spiro atoms. The molecule has 0 atom stereocenters. The fourth-order valence-electron chi connectivity index (χ4n) is 3.35. The number of fused-ring (bicyclic) bond motifs is 1. The molecule has 2 aromatic rings. The molecule has 2 aliphatic heterocycles. The molecule has 1 fully saturated rings. The number of benzene rings is 2. The van der Waals surface area contributed by atoms with Crippen molar-refractivity contribution in [3.8, 4) is 5.75 Å². The zero-order chi connectivity index (χ0) is 17.9. The molecule has 0 unspecified atom stereocenters. The van der Waals surface area contributed by atoms with Gasteiger partial charge in [0.25, 0.3) is 11.8 Å². The number of carbonyl (C=O) groups excluding carboxylic acids is 2. The Morgan fingerprint density at radius 2 is 1.81 bits per heavy atom. The minimum Gasteiger partial charge on any atom is -0.482 e. The molecule has 1 saturated heterocycles. The summed E-state index contributed by atoms with van der Waals surface area (Å²) in [5, 5.41) is 2.75. The van der Waals surface area contributed by atoms with Gasteiger partial charge >= 0.3 is 0 Å². The number of hydrogen-bond acceptors (Lipinski definition) is 4. The van der Waals surface area contributed by atoms with Gasteiger partial charge in [-0.05, 0) is 23.8 Å². The number of hydrogen-bond donors (Lipinski definition) is 1. The average molecular weight is 351 g/mol. The molecule has 0 aromatic heterocycles. The van der Waals surface area contributed by atoms with Gasteiger partial charge < -0.3 is 15.0 Å². The molecule has 0 bridgehead atoms. The number of nitrogens with zero attached hydrogens (tertiary/aromatic N) is 2. The van der Waals surface area contributed by atoms with E-state index in [9.17, 15) is 9.59 Å². The fraction of sp³-hybridized carbons (Fsp3) is 0.300. The second-order valence-corrected chi connectivity index (χ2v) is 6.60. The zero-order valence-electron chi connectivity index (χ0n) is 14.5. The molecule has 6 heteroatoms. The summed E-state index contributed by atoms with van der Waals surface area (Å²) >= 11 is 0. The molecule has 2 heterocycles. The van der Waals surface area contributed by atoms with Crippen molar-refractivity contribution in [1.29, 1.82) is 0 Å². The molecule has 2 amide bonds. The number of piperazine rings is 1. The Kier molecular flexibility index (Phi) is 4.58. The van der Waals surface area contributed by atoms with Crippen molar-refractivity contribution in [3.05, 3.63) is 59.7 Å². The summed E-state index contributed by atoms with van der Waals surface area (Å²) in [5.74, 6) is 0.400. The maximum absolute atomic E-state index is 12.8. The van der Waals surface area contributed by atoms with Gasteiger partial charge in [0, 0.05) is 38.3 Å². The Bertz CT molecular complexity index is 814. The predicted octanol–water partition coefficient (Wildman–Crippen LogP) is 1.98.